The van der Waals surface area contributed by atoms with Crippen molar-refractivity contribution in [2.24, 2.45) is 0 Å². The van der Waals surface area contributed by atoms with Gasteiger partial charge in [0.2, 0.25) is 0 Å². The van der Waals surface area contributed by atoms with Crippen molar-refractivity contribution in [2.75, 3.05) is 20.8 Å². The smallest absolute Gasteiger partial charge is 0.271 e. The molecule has 0 aliphatic heterocycles. The first-order valence-corrected chi connectivity index (χ1v) is 10.1. The molecule has 8 heteroatoms. The molecule has 0 spiro atoms. The minimum absolute atomic E-state index is 0.198. The second-order valence-electron chi connectivity index (χ2n) is 6.03. The standard InChI is InChI=1S/C20H22ClN3O3S/c1-4-24-15(18-7-8-19(21)28-18)12-14(23-24)20(25)22-10-9-13-5-6-16(26-2)17(11-13)27-3/h5-8,11-12H,4,9-10H2,1-3H3,(H,22,25). The van der Waals surface area contributed by atoms with Gasteiger partial charge in [-0.1, -0.05) is 17.7 Å². The Bertz CT molecular complexity index is 968. The first-order chi connectivity index (χ1) is 13.5. The Kier molecular flexibility index (Phi) is 6.59. The van der Waals surface area contributed by atoms with Gasteiger partial charge in [-0.15, -0.1) is 11.3 Å². The largest absolute Gasteiger partial charge is 0.493 e. The predicted octanol–water partition coefficient (Wildman–Crippen LogP) is 4.27. The Morgan fingerprint density at radius 1 is 1.18 bits per heavy atom. The van der Waals surface area contributed by atoms with Crippen LogP contribution in [-0.4, -0.2) is 36.5 Å². The van der Waals surface area contributed by atoms with Gasteiger partial charge in [-0.25, -0.2) is 0 Å². The van der Waals surface area contributed by atoms with Crippen molar-refractivity contribution in [1.82, 2.24) is 15.1 Å². The highest BCUT2D eigenvalue weighted by Gasteiger charge is 2.16. The number of benzene rings is 1. The summed E-state index contributed by atoms with van der Waals surface area (Å²) in [5.41, 5.74) is 2.34. The minimum atomic E-state index is -0.198. The summed E-state index contributed by atoms with van der Waals surface area (Å²) in [5, 5.41) is 7.35. The zero-order valence-corrected chi connectivity index (χ0v) is 17.6. The highest BCUT2D eigenvalue weighted by Crippen LogP contribution is 2.31. The summed E-state index contributed by atoms with van der Waals surface area (Å²) in [6.45, 7) is 3.15. The maximum absolute atomic E-state index is 12.5. The number of halogens is 1. The van der Waals surface area contributed by atoms with Crippen LogP contribution in [0.2, 0.25) is 4.34 Å². The average Bonchev–Trinajstić information content (AvgIpc) is 3.33. The van der Waals surface area contributed by atoms with Crippen molar-refractivity contribution in [3.05, 3.63) is 52.0 Å². The van der Waals surface area contributed by atoms with Crippen LogP contribution in [0.4, 0.5) is 0 Å². The van der Waals surface area contributed by atoms with Crippen molar-refractivity contribution in [2.45, 2.75) is 19.9 Å². The van der Waals surface area contributed by atoms with Gasteiger partial charge in [0.25, 0.3) is 5.91 Å². The van der Waals surface area contributed by atoms with Crippen molar-refractivity contribution < 1.29 is 14.3 Å². The van der Waals surface area contributed by atoms with Crippen LogP contribution in [0.25, 0.3) is 10.6 Å². The first-order valence-electron chi connectivity index (χ1n) is 8.88. The lowest BCUT2D eigenvalue weighted by Gasteiger charge is -2.09. The van der Waals surface area contributed by atoms with E-state index >= 15 is 0 Å². The third-order valence-electron chi connectivity index (χ3n) is 4.28. The average molecular weight is 420 g/mol. The number of aromatic nitrogens is 2. The van der Waals surface area contributed by atoms with E-state index in [-0.39, 0.29) is 5.91 Å². The van der Waals surface area contributed by atoms with E-state index < -0.39 is 0 Å². The highest BCUT2D eigenvalue weighted by molar-refractivity contribution is 7.19. The third kappa shape index (κ3) is 4.48. The van der Waals surface area contributed by atoms with Gasteiger partial charge in [0.05, 0.1) is 29.1 Å². The molecule has 0 radical (unpaired) electrons. The molecule has 0 bridgehead atoms. The summed E-state index contributed by atoms with van der Waals surface area (Å²) in [4.78, 5) is 13.5. The fourth-order valence-corrected chi connectivity index (χ4v) is 3.93. The Morgan fingerprint density at radius 2 is 1.96 bits per heavy atom. The maximum Gasteiger partial charge on any atom is 0.271 e. The van der Waals surface area contributed by atoms with Crippen molar-refractivity contribution >= 4 is 28.8 Å². The first kappa shape index (κ1) is 20.2. The number of hydrogen-bond acceptors (Lipinski definition) is 5. The van der Waals surface area contributed by atoms with Crippen LogP contribution >= 0.6 is 22.9 Å². The molecule has 2 heterocycles. The molecular weight excluding hydrogens is 398 g/mol. The van der Waals surface area contributed by atoms with Crippen molar-refractivity contribution in [3.8, 4) is 22.1 Å². The minimum Gasteiger partial charge on any atom is -0.493 e. The summed E-state index contributed by atoms with van der Waals surface area (Å²) in [5.74, 6) is 1.16. The lowest BCUT2D eigenvalue weighted by molar-refractivity contribution is 0.0948. The molecule has 6 nitrogen and oxygen atoms in total. The van der Waals surface area contributed by atoms with Crippen LogP contribution in [0, 0.1) is 0 Å². The fraction of sp³-hybridized carbons (Fsp3) is 0.300. The summed E-state index contributed by atoms with van der Waals surface area (Å²) >= 11 is 7.50. The molecule has 1 aromatic carbocycles. The van der Waals surface area contributed by atoms with E-state index in [0.717, 1.165) is 16.1 Å². The zero-order chi connectivity index (χ0) is 20.1. The van der Waals surface area contributed by atoms with E-state index in [1.807, 2.05) is 41.9 Å². The lowest BCUT2D eigenvalue weighted by Crippen LogP contribution is -2.26. The summed E-state index contributed by atoms with van der Waals surface area (Å²) in [6.07, 6.45) is 0.675. The number of rotatable bonds is 8. The topological polar surface area (TPSA) is 65.4 Å². The zero-order valence-electron chi connectivity index (χ0n) is 16.0. The predicted molar refractivity (Wildman–Crippen MR) is 112 cm³/mol. The van der Waals surface area contributed by atoms with Crippen molar-refractivity contribution in [1.29, 1.82) is 0 Å². The molecule has 148 valence electrons. The van der Waals surface area contributed by atoms with Gasteiger partial charge >= 0.3 is 0 Å². The van der Waals surface area contributed by atoms with Crippen molar-refractivity contribution in [3.63, 3.8) is 0 Å². The van der Waals surface area contributed by atoms with Gasteiger partial charge < -0.3 is 14.8 Å². The van der Waals surface area contributed by atoms with E-state index in [4.69, 9.17) is 21.1 Å². The van der Waals surface area contributed by atoms with E-state index in [2.05, 4.69) is 10.4 Å². The van der Waals surface area contributed by atoms with E-state index in [1.54, 1.807) is 20.3 Å². The summed E-state index contributed by atoms with van der Waals surface area (Å²) in [6, 6.07) is 11.3. The molecule has 1 N–H and O–H groups in total. The van der Waals surface area contributed by atoms with Gasteiger partial charge in [0.15, 0.2) is 17.2 Å². The van der Waals surface area contributed by atoms with E-state index in [0.29, 0.717) is 41.0 Å². The van der Waals surface area contributed by atoms with Gasteiger partial charge in [-0.2, -0.15) is 5.10 Å². The molecule has 0 fully saturated rings. The number of hydrogen-bond donors (Lipinski definition) is 1. The molecule has 0 aliphatic rings. The number of nitrogens with zero attached hydrogens (tertiary/aromatic N) is 2. The maximum atomic E-state index is 12.5. The van der Waals surface area contributed by atoms with E-state index in [9.17, 15) is 4.79 Å². The molecule has 28 heavy (non-hydrogen) atoms. The fourth-order valence-electron chi connectivity index (χ4n) is 2.87. The van der Waals surface area contributed by atoms with Crippen LogP contribution in [0.3, 0.4) is 0 Å². The number of methoxy groups -OCH3 is 2. The molecule has 0 aliphatic carbocycles. The van der Waals surface area contributed by atoms with Crippen LogP contribution in [0.5, 0.6) is 11.5 Å². The van der Waals surface area contributed by atoms with Crippen LogP contribution < -0.4 is 14.8 Å². The Labute approximate surface area is 173 Å². The molecule has 3 aromatic rings. The number of carbonyl (C=O) groups excluding carboxylic acids is 1. The molecular formula is C20H22ClN3O3S. The quantitative estimate of drug-likeness (QED) is 0.592. The third-order valence-corrected chi connectivity index (χ3v) is 5.54. The highest BCUT2D eigenvalue weighted by atomic mass is 35.5. The number of ether oxygens (including phenoxy) is 2. The van der Waals surface area contributed by atoms with Gasteiger partial charge in [0.1, 0.15) is 0 Å². The molecule has 3 rings (SSSR count). The summed E-state index contributed by atoms with van der Waals surface area (Å²) < 4.78 is 13.1. The number of nitrogens with one attached hydrogen (secondary N) is 1. The van der Waals surface area contributed by atoms with Crippen LogP contribution in [-0.2, 0) is 13.0 Å². The Morgan fingerprint density at radius 3 is 2.61 bits per heavy atom. The Balaban J connectivity index is 1.65. The summed E-state index contributed by atoms with van der Waals surface area (Å²) in [7, 11) is 3.21. The van der Waals surface area contributed by atoms with Gasteiger partial charge in [-0.3, -0.25) is 9.48 Å². The molecule has 0 atom stereocenters. The number of thiophene rings is 1. The van der Waals surface area contributed by atoms with Gasteiger partial charge in [-0.05, 0) is 49.2 Å². The molecule has 2 aromatic heterocycles. The van der Waals surface area contributed by atoms with Crippen LogP contribution in [0.1, 0.15) is 23.0 Å². The van der Waals surface area contributed by atoms with E-state index in [1.165, 1.54) is 11.3 Å². The monoisotopic (exact) mass is 419 g/mol. The van der Waals surface area contributed by atoms with Crippen LogP contribution in [0.15, 0.2) is 36.4 Å². The number of amides is 1. The lowest BCUT2D eigenvalue weighted by atomic mass is 10.1. The molecule has 0 unspecified atom stereocenters. The molecule has 0 saturated carbocycles. The molecule has 0 saturated heterocycles. The number of aryl methyl sites for hydroxylation is 1. The second-order valence-corrected chi connectivity index (χ2v) is 7.74. The SMILES string of the molecule is CCn1nc(C(=O)NCCc2ccc(OC)c(OC)c2)cc1-c1ccc(Cl)s1. The second kappa shape index (κ2) is 9.12. The normalized spacial score (nSPS) is 10.7. The number of carbonyl (C=O) groups is 1. The Hall–Kier alpha value is -2.51. The molecule has 1 amide bonds. The van der Waals surface area contributed by atoms with Gasteiger partial charge in [0, 0.05) is 13.1 Å².